The summed E-state index contributed by atoms with van der Waals surface area (Å²) < 4.78 is 37.3. The number of hydrazone groups is 1. The van der Waals surface area contributed by atoms with Crippen molar-refractivity contribution in [1.82, 2.24) is 9.73 Å². The van der Waals surface area contributed by atoms with Gasteiger partial charge in [-0.25, -0.2) is 13.8 Å². The van der Waals surface area contributed by atoms with Gasteiger partial charge in [0, 0.05) is 18.7 Å². The molecule has 0 unspecified atom stereocenters. The maximum absolute atomic E-state index is 12.6. The molecule has 28 heavy (non-hydrogen) atoms. The highest BCUT2D eigenvalue weighted by Crippen LogP contribution is 2.32. The van der Waals surface area contributed by atoms with Gasteiger partial charge in [0.25, 0.3) is 5.91 Å². The van der Waals surface area contributed by atoms with Crippen molar-refractivity contribution < 1.29 is 22.7 Å². The van der Waals surface area contributed by atoms with E-state index >= 15 is 0 Å². The standard InChI is InChI=1S/C19H19N3O5S/c23-19(21-20-12-14-6-7-17-18(10-14)27-13-26-17)15-4-3-5-16(11-15)28(24,25)22-8-1-2-9-22/h3-7,10-12H,1-2,8-9,13H2,(H,21,23)/b20-12-. The van der Waals surface area contributed by atoms with Gasteiger partial charge in [0.15, 0.2) is 11.5 Å². The maximum atomic E-state index is 12.6. The molecule has 8 nitrogen and oxygen atoms in total. The molecule has 0 aromatic heterocycles. The lowest BCUT2D eigenvalue weighted by atomic mass is 10.2. The van der Waals surface area contributed by atoms with E-state index in [1.54, 1.807) is 30.3 Å². The van der Waals surface area contributed by atoms with Crippen molar-refractivity contribution in [2.24, 2.45) is 5.10 Å². The van der Waals surface area contributed by atoms with E-state index in [1.165, 1.54) is 22.7 Å². The molecule has 1 fully saturated rings. The second-order valence-corrected chi connectivity index (χ2v) is 8.39. The Morgan fingerprint density at radius 3 is 2.68 bits per heavy atom. The molecule has 2 aromatic rings. The highest BCUT2D eigenvalue weighted by Gasteiger charge is 2.27. The number of amides is 1. The molecule has 0 spiro atoms. The van der Waals surface area contributed by atoms with Crippen molar-refractivity contribution in [2.45, 2.75) is 17.7 Å². The van der Waals surface area contributed by atoms with Gasteiger partial charge in [-0.2, -0.15) is 9.41 Å². The Hall–Kier alpha value is -2.91. The predicted molar refractivity (Wildman–Crippen MR) is 102 cm³/mol. The van der Waals surface area contributed by atoms with Gasteiger partial charge in [0.2, 0.25) is 16.8 Å². The molecule has 0 bridgehead atoms. The van der Waals surface area contributed by atoms with Crippen LogP contribution in [0.25, 0.3) is 0 Å². The number of nitrogens with zero attached hydrogens (tertiary/aromatic N) is 2. The highest BCUT2D eigenvalue weighted by molar-refractivity contribution is 7.89. The minimum Gasteiger partial charge on any atom is -0.454 e. The lowest BCUT2D eigenvalue weighted by Crippen LogP contribution is -2.28. The smallest absolute Gasteiger partial charge is 0.271 e. The zero-order chi connectivity index (χ0) is 19.6. The summed E-state index contributed by atoms with van der Waals surface area (Å²) in [5, 5.41) is 3.93. The van der Waals surface area contributed by atoms with Crippen LogP contribution in [0.3, 0.4) is 0 Å². The van der Waals surface area contributed by atoms with E-state index in [2.05, 4.69) is 10.5 Å². The van der Waals surface area contributed by atoms with Crippen molar-refractivity contribution in [1.29, 1.82) is 0 Å². The second kappa shape index (κ2) is 7.61. The van der Waals surface area contributed by atoms with E-state index in [0.29, 0.717) is 24.6 Å². The van der Waals surface area contributed by atoms with E-state index in [9.17, 15) is 13.2 Å². The first-order valence-electron chi connectivity index (χ1n) is 8.87. The Bertz CT molecular complexity index is 1030. The summed E-state index contributed by atoms with van der Waals surface area (Å²) in [6, 6.07) is 11.3. The fourth-order valence-corrected chi connectivity index (χ4v) is 4.66. The van der Waals surface area contributed by atoms with Gasteiger partial charge in [-0.1, -0.05) is 6.07 Å². The topological polar surface area (TPSA) is 97.3 Å². The highest BCUT2D eigenvalue weighted by atomic mass is 32.2. The Balaban J connectivity index is 1.45. The first-order chi connectivity index (χ1) is 13.5. The molecule has 146 valence electrons. The van der Waals surface area contributed by atoms with Gasteiger partial charge in [0.05, 0.1) is 11.1 Å². The molecular weight excluding hydrogens is 382 g/mol. The molecule has 0 saturated carbocycles. The zero-order valence-corrected chi connectivity index (χ0v) is 15.8. The average molecular weight is 401 g/mol. The molecule has 9 heteroatoms. The lowest BCUT2D eigenvalue weighted by molar-refractivity contribution is 0.0955. The van der Waals surface area contributed by atoms with E-state index in [-0.39, 0.29) is 17.3 Å². The SMILES string of the molecule is O=C(N/N=C\c1ccc2c(c1)OCO2)c1cccc(S(=O)(=O)N2CCCC2)c1. The quantitative estimate of drug-likeness (QED) is 0.610. The number of hydrogen-bond donors (Lipinski definition) is 1. The average Bonchev–Trinajstić information content (AvgIpc) is 3.40. The van der Waals surface area contributed by atoms with Crippen LogP contribution in [-0.2, 0) is 10.0 Å². The molecule has 4 rings (SSSR count). The Kier molecular flexibility index (Phi) is 5.01. The van der Waals surface area contributed by atoms with E-state index in [4.69, 9.17) is 9.47 Å². The third-order valence-corrected chi connectivity index (χ3v) is 6.47. The Labute approximate surface area is 162 Å². The van der Waals surface area contributed by atoms with Crippen LogP contribution in [-0.4, -0.2) is 44.7 Å². The van der Waals surface area contributed by atoms with Crippen molar-refractivity contribution in [3.63, 3.8) is 0 Å². The number of carbonyl (C=O) groups excluding carboxylic acids is 1. The van der Waals surface area contributed by atoms with Crippen LogP contribution >= 0.6 is 0 Å². The van der Waals surface area contributed by atoms with Gasteiger partial charge in [-0.05, 0) is 54.8 Å². The number of sulfonamides is 1. The molecule has 1 saturated heterocycles. The molecule has 2 aliphatic rings. The Morgan fingerprint density at radius 1 is 1.07 bits per heavy atom. The Morgan fingerprint density at radius 2 is 1.86 bits per heavy atom. The monoisotopic (exact) mass is 401 g/mol. The lowest BCUT2D eigenvalue weighted by Gasteiger charge is -2.15. The molecule has 1 N–H and O–H groups in total. The summed E-state index contributed by atoms with van der Waals surface area (Å²) in [6.07, 6.45) is 3.19. The van der Waals surface area contributed by atoms with Crippen LogP contribution in [0.4, 0.5) is 0 Å². The van der Waals surface area contributed by atoms with Crippen LogP contribution in [0.1, 0.15) is 28.8 Å². The zero-order valence-electron chi connectivity index (χ0n) is 15.0. The number of hydrogen-bond acceptors (Lipinski definition) is 6. The summed E-state index contributed by atoms with van der Waals surface area (Å²) in [5.41, 5.74) is 3.37. The van der Waals surface area contributed by atoms with Crippen LogP contribution in [0.5, 0.6) is 11.5 Å². The van der Waals surface area contributed by atoms with Gasteiger partial charge >= 0.3 is 0 Å². The number of nitrogens with one attached hydrogen (secondary N) is 1. The van der Waals surface area contributed by atoms with E-state index in [1.807, 2.05) is 0 Å². The number of fused-ring (bicyclic) bond motifs is 1. The molecule has 1 amide bonds. The maximum Gasteiger partial charge on any atom is 0.271 e. The fourth-order valence-electron chi connectivity index (χ4n) is 3.10. The third-order valence-electron chi connectivity index (χ3n) is 4.58. The summed E-state index contributed by atoms with van der Waals surface area (Å²) in [6.45, 7) is 1.21. The molecule has 0 aliphatic carbocycles. The third kappa shape index (κ3) is 3.71. The molecule has 2 aliphatic heterocycles. The van der Waals surface area contributed by atoms with Gasteiger partial charge < -0.3 is 9.47 Å². The van der Waals surface area contributed by atoms with E-state index in [0.717, 1.165) is 18.4 Å². The fraction of sp³-hybridized carbons (Fsp3) is 0.263. The number of ether oxygens (including phenoxy) is 2. The van der Waals surface area contributed by atoms with Crippen LogP contribution in [0.2, 0.25) is 0 Å². The minimum atomic E-state index is -3.57. The van der Waals surface area contributed by atoms with Crippen molar-refractivity contribution in [2.75, 3.05) is 19.9 Å². The van der Waals surface area contributed by atoms with Crippen molar-refractivity contribution >= 4 is 22.1 Å². The number of rotatable bonds is 5. The predicted octanol–water partition coefficient (Wildman–Crippen LogP) is 1.96. The molecular formula is C19H19N3O5S. The van der Waals surface area contributed by atoms with Gasteiger partial charge in [-0.15, -0.1) is 0 Å². The largest absolute Gasteiger partial charge is 0.454 e. The van der Waals surface area contributed by atoms with Crippen molar-refractivity contribution in [3.05, 3.63) is 53.6 Å². The molecule has 2 aromatic carbocycles. The first kappa shape index (κ1) is 18.5. The number of carbonyl (C=O) groups is 1. The summed E-state index contributed by atoms with van der Waals surface area (Å²) >= 11 is 0. The van der Waals surface area contributed by atoms with Crippen molar-refractivity contribution in [3.8, 4) is 11.5 Å². The second-order valence-electron chi connectivity index (χ2n) is 6.45. The molecule has 0 atom stereocenters. The summed E-state index contributed by atoms with van der Waals surface area (Å²) in [5.74, 6) is 0.794. The van der Waals surface area contributed by atoms with Crippen LogP contribution < -0.4 is 14.9 Å². The van der Waals surface area contributed by atoms with Gasteiger partial charge in [-0.3, -0.25) is 4.79 Å². The normalized spacial score (nSPS) is 16.6. The first-order valence-corrected chi connectivity index (χ1v) is 10.3. The molecule has 2 heterocycles. The minimum absolute atomic E-state index is 0.113. The van der Waals surface area contributed by atoms with Crippen LogP contribution in [0.15, 0.2) is 52.5 Å². The summed E-state index contributed by atoms with van der Waals surface area (Å²) in [7, 11) is -3.57. The van der Waals surface area contributed by atoms with E-state index < -0.39 is 15.9 Å². The molecule has 0 radical (unpaired) electrons. The van der Waals surface area contributed by atoms with Gasteiger partial charge in [0.1, 0.15) is 0 Å². The number of benzene rings is 2. The summed E-state index contributed by atoms with van der Waals surface area (Å²) in [4.78, 5) is 12.5. The van der Waals surface area contributed by atoms with Crippen LogP contribution in [0, 0.1) is 0 Å².